The van der Waals surface area contributed by atoms with Crippen molar-refractivity contribution in [2.24, 2.45) is 5.41 Å². The molecule has 0 bridgehead atoms. The van der Waals surface area contributed by atoms with Gasteiger partial charge in [0, 0.05) is 17.0 Å². The Bertz CT molecular complexity index is 523. The smallest absolute Gasteiger partial charge is 0.293 e. The molecule has 0 aromatic carbocycles. The number of halogens is 3. The maximum absolute atomic E-state index is 12.7. The lowest BCUT2D eigenvalue weighted by Gasteiger charge is -2.25. The van der Waals surface area contributed by atoms with E-state index in [4.69, 9.17) is 0 Å². The minimum absolute atomic E-state index is 0.125. The second kappa shape index (κ2) is 4.82. The summed E-state index contributed by atoms with van der Waals surface area (Å²) in [7, 11) is 0. The third kappa shape index (κ3) is 3.55. The number of alkyl halides is 3. The van der Waals surface area contributed by atoms with Crippen molar-refractivity contribution in [2.75, 3.05) is 0 Å². The molecule has 1 rings (SSSR count). The van der Waals surface area contributed by atoms with Gasteiger partial charge in [-0.15, -0.1) is 0 Å². The number of ketones is 1. The zero-order valence-corrected chi connectivity index (χ0v) is 12.5. The summed E-state index contributed by atoms with van der Waals surface area (Å²) in [5, 5.41) is 0. The maximum atomic E-state index is 12.7. The number of aromatic nitrogens is 2. The first-order valence-electron chi connectivity index (χ1n) is 6.24. The molecular formula is C14H19F3N2O. The highest BCUT2D eigenvalue weighted by molar-refractivity contribution is 6.00. The minimum atomic E-state index is -4.62. The van der Waals surface area contributed by atoms with Crippen LogP contribution in [0.15, 0.2) is 6.20 Å². The van der Waals surface area contributed by atoms with Gasteiger partial charge in [-0.05, 0) is 0 Å². The van der Waals surface area contributed by atoms with E-state index in [1.54, 1.807) is 41.5 Å². The van der Waals surface area contributed by atoms with Gasteiger partial charge in [-0.2, -0.15) is 13.2 Å². The van der Waals surface area contributed by atoms with Crippen LogP contribution in [-0.2, 0) is 11.6 Å². The number of carbonyl (C=O) groups is 1. The van der Waals surface area contributed by atoms with Crippen molar-refractivity contribution >= 4 is 5.78 Å². The molecule has 1 aromatic heterocycles. The lowest BCUT2D eigenvalue weighted by molar-refractivity contribution is -0.145. The molecule has 0 amide bonds. The zero-order chi connectivity index (χ0) is 15.9. The topological polar surface area (TPSA) is 42.9 Å². The monoisotopic (exact) mass is 288 g/mol. The number of Topliss-reactive ketones (excluding diaryl/α,β-unsaturated/α-hetero) is 1. The molecular weight excluding hydrogens is 269 g/mol. The normalized spacial score (nSPS) is 13.4. The Hall–Kier alpha value is -1.46. The van der Waals surface area contributed by atoms with Gasteiger partial charge >= 0.3 is 6.18 Å². The van der Waals surface area contributed by atoms with Crippen LogP contribution in [0.1, 0.15) is 63.4 Å². The molecule has 112 valence electrons. The first-order chi connectivity index (χ1) is 8.74. The molecule has 0 N–H and O–H groups in total. The summed E-state index contributed by atoms with van der Waals surface area (Å²) >= 11 is 0. The predicted molar refractivity (Wildman–Crippen MR) is 69.5 cm³/mol. The van der Waals surface area contributed by atoms with E-state index in [1.165, 1.54) is 0 Å². The Morgan fingerprint density at radius 3 is 1.90 bits per heavy atom. The molecule has 0 fully saturated rings. The van der Waals surface area contributed by atoms with Crippen LogP contribution in [0.5, 0.6) is 0 Å². The zero-order valence-electron chi connectivity index (χ0n) is 12.5. The molecule has 0 unspecified atom stereocenters. The number of carbonyl (C=O) groups excluding carboxylic acids is 1. The molecule has 1 aromatic rings. The summed E-state index contributed by atoms with van der Waals surface area (Å²) in [6.45, 7) is 10.3. The molecule has 0 spiro atoms. The van der Waals surface area contributed by atoms with Crippen molar-refractivity contribution in [3.8, 4) is 0 Å². The van der Waals surface area contributed by atoms with Crippen LogP contribution >= 0.6 is 0 Å². The Morgan fingerprint density at radius 2 is 1.55 bits per heavy atom. The molecule has 6 heteroatoms. The Balaban J connectivity index is 3.52. The van der Waals surface area contributed by atoms with E-state index < -0.39 is 22.8 Å². The molecule has 20 heavy (non-hydrogen) atoms. The lowest BCUT2D eigenvalue weighted by atomic mass is 9.81. The van der Waals surface area contributed by atoms with Crippen LogP contribution in [-0.4, -0.2) is 15.8 Å². The highest BCUT2D eigenvalue weighted by atomic mass is 19.4. The fourth-order valence-electron chi connectivity index (χ4n) is 1.66. The molecule has 0 aliphatic heterocycles. The Labute approximate surface area is 116 Å². The SMILES string of the molecule is CC(C)(C)C(=O)c1cnc(C(F)(F)F)nc1C(C)(C)C. The van der Waals surface area contributed by atoms with E-state index in [9.17, 15) is 18.0 Å². The molecule has 1 heterocycles. The summed E-state index contributed by atoms with van der Waals surface area (Å²) in [4.78, 5) is 19.2. The van der Waals surface area contributed by atoms with E-state index in [2.05, 4.69) is 9.97 Å². The van der Waals surface area contributed by atoms with Gasteiger partial charge in [0.2, 0.25) is 5.82 Å². The van der Waals surface area contributed by atoms with Crippen LogP contribution in [0, 0.1) is 5.41 Å². The fraction of sp³-hybridized carbons (Fsp3) is 0.643. The number of hydrogen-bond donors (Lipinski definition) is 0. The second-order valence-corrected chi connectivity index (χ2v) is 6.78. The standard InChI is InChI=1S/C14H19F3N2O/c1-12(2,3)9-8(10(20)13(4,5)6)7-18-11(19-9)14(15,16)17/h7H,1-6H3. The fourth-order valence-corrected chi connectivity index (χ4v) is 1.66. The first-order valence-corrected chi connectivity index (χ1v) is 6.24. The average molecular weight is 288 g/mol. The first kappa shape index (κ1) is 16.6. The average Bonchev–Trinajstić information content (AvgIpc) is 2.23. The van der Waals surface area contributed by atoms with Gasteiger partial charge in [0.1, 0.15) is 0 Å². The maximum Gasteiger partial charge on any atom is 0.451 e. The van der Waals surface area contributed by atoms with Crippen LogP contribution in [0.25, 0.3) is 0 Å². The summed E-state index contributed by atoms with van der Waals surface area (Å²) in [6.07, 6.45) is -3.63. The van der Waals surface area contributed by atoms with Crippen molar-refractivity contribution in [1.82, 2.24) is 9.97 Å². The van der Waals surface area contributed by atoms with Crippen molar-refractivity contribution in [3.63, 3.8) is 0 Å². The molecule has 0 saturated heterocycles. The van der Waals surface area contributed by atoms with Crippen molar-refractivity contribution in [2.45, 2.75) is 53.1 Å². The molecule has 0 aliphatic rings. The predicted octanol–water partition coefficient (Wildman–Crippen LogP) is 4.02. The largest absolute Gasteiger partial charge is 0.451 e. The van der Waals surface area contributed by atoms with E-state index in [-0.39, 0.29) is 17.0 Å². The van der Waals surface area contributed by atoms with Crippen molar-refractivity contribution < 1.29 is 18.0 Å². The second-order valence-electron chi connectivity index (χ2n) is 6.78. The summed E-state index contributed by atoms with van der Waals surface area (Å²) < 4.78 is 38.1. The molecule has 0 saturated carbocycles. The van der Waals surface area contributed by atoms with Gasteiger partial charge in [0.15, 0.2) is 5.78 Å². The highest BCUT2D eigenvalue weighted by Crippen LogP contribution is 2.32. The van der Waals surface area contributed by atoms with E-state index in [1.807, 2.05) is 0 Å². The van der Waals surface area contributed by atoms with Gasteiger partial charge in [-0.3, -0.25) is 4.79 Å². The van der Waals surface area contributed by atoms with Crippen LogP contribution in [0.3, 0.4) is 0 Å². The van der Waals surface area contributed by atoms with Crippen molar-refractivity contribution in [3.05, 3.63) is 23.3 Å². The van der Waals surface area contributed by atoms with Crippen LogP contribution in [0.4, 0.5) is 13.2 Å². The molecule has 3 nitrogen and oxygen atoms in total. The molecule has 0 radical (unpaired) electrons. The minimum Gasteiger partial charge on any atom is -0.293 e. The van der Waals surface area contributed by atoms with Gasteiger partial charge in [0.25, 0.3) is 0 Å². The number of rotatable bonds is 1. The molecule has 0 aliphatic carbocycles. The number of hydrogen-bond acceptors (Lipinski definition) is 3. The molecule has 0 atom stereocenters. The van der Waals surface area contributed by atoms with E-state index in [0.717, 1.165) is 6.20 Å². The van der Waals surface area contributed by atoms with Gasteiger partial charge in [0.05, 0.1) is 11.3 Å². The third-order valence-electron chi connectivity index (χ3n) is 2.68. The summed E-state index contributed by atoms with van der Waals surface area (Å²) in [5.74, 6) is -1.48. The summed E-state index contributed by atoms with van der Waals surface area (Å²) in [6, 6.07) is 0. The van der Waals surface area contributed by atoms with Crippen LogP contribution < -0.4 is 0 Å². The lowest BCUT2D eigenvalue weighted by Crippen LogP contribution is -2.28. The van der Waals surface area contributed by atoms with E-state index in [0.29, 0.717) is 0 Å². The quantitative estimate of drug-likeness (QED) is 0.733. The van der Waals surface area contributed by atoms with Crippen LogP contribution in [0.2, 0.25) is 0 Å². The van der Waals surface area contributed by atoms with Crippen molar-refractivity contribution in [1.29, 1.82) is 0 Å². The summed E-state index contributed by atoms with van der Waals surface area (Å²) in [5.41, 5.74) is -1.11. The van der Waals surface area contributed by atoms with E-state index >= 15 is 0 Å². The van der Waals surface area contributed by atoms with Gasteiger partial charge in [-0.25, -0.2) is 9.97 Å². The third-order valence-corrected chi connectivity index (χ3v) is 2.68. The van der Waals surface area contributed by atoms with Gasteiger partial charge < -0.3 is 0 Å². The van der Waals surface area contributed by atoms with Gasteiger partial charge in [-0.1, -0.05) is 41.5 Å². The Kier molecular flexibility index (Phi) is 4.00. The number of nitrogens with zero attached hydrogens (tertiary/aromatic N) is 2. The Morgan fingerprint density at radius 1 is 1.05 bits per heavy atom. The highest BCUT2D eigenvalue weighted by Gasteiger charge is 2.38.